The Balaban J connectivity index is 1.82. The predicted octanol–water partition coefficient (Wildman–Crippen LogP) is 2.39. The van der Waals surface area contributed by atoms with Crippen molar-refractivity contribution < 1.29 is 14.3 Å². The highest BCUT2D eigenvalue weighted by atomic mass is 19.1. The van der Waals surface area contributed by atoms with Gasteiger partial charge in [-0.2, -0.15) is 5.10 Å². The molecule has 0 bridgehead atoms. The summed E-state index contributed by atoms with van der Waals surface area (Å²) in [5, 5.41) is 18.1. The van der Waals surface area contributed by atoms with Gasteiger partial charge < -0.3 is 10.4 Å². The Morgan fingerprint density at radius 1 is 1.40 bits per heavy atom. The number of aromatic carboxylic acids is 1. The number of rotatable bonds is 4. The average molecular weight is 340 g/mol. The molecule has 0 saturated carbocycles. The SMILES string of the molecule is O=C(O)c1ccncc1Cc1nn([C@@H]2CCNC2)c2ccc(F)cc12. The van der Waals surface area contributed by atoms with Crippen molar-refractivity contribution in [3.63, 3.8) is 0 Å². The maximum absolute atomic E-state index is 13.8. The minimum absolute atomic E-state index is 0.191. The molecule has 6 nitrogen and oxygen atoms in total. The van der Waals surface area contributed by atoms with Gasteiger partial charge in [-0.05, 0) is 42.8 Å². The molecule has 0 amide bonds. The fourth-order valence-corrected chi connectivity index (χ4v) is 3.39. The lowest BCUT2D eigenvalue weighted by Gasteiger charge is -2.10. The number of halogens is 1. The van der Waals surface area contributed by atoms with Crippen LogP contribution in [0.3, 0.4) is 0 Å². The zero-order valence-electron chi connectivity index (χ0n) is 13.4. The van der Waals surface area contributed by atoms with Crippen molar-refractivity contribution in [3.05, 3.63) is 59.3 Å². The van der Waals surface area contributed by atoms with Gasteiger partial charge in [0.05, 0.1) is 22.8 Å². The maximum atomic E-state index is 13.8. The quantitative estimate of drug-likeness (QED) is 0.762. The van der Waals surface area contributed by atoms with E-state index in [2.05, 4.69) is 10.3 Å². The van der Waals surface area contributed by atoms with E-state index in [1.165, 1.54) is 30.6 Å². The first-order valence-electron chi connectivity index (χ1n) is 8.17. The molecule has 1 aromatic carbocycles. The first-order chi connectivity index (χ1) is 12.1. The largest absolute Gasteiger partial charge is 0.478 e. The topological polar surface area (TPSA) is 80.0 Å². The van der Waals surface area contributed by atoms with Crippen LogP contribution in [0.15, 0.2) is 36.7 Å². The summed E-state index contributed by atoms with van der Waals surface area (Å²) in [5.41, 5.74) is 2.29. The number of nitrogens with one attached hydrogen (secondary N) is 1. The van der Waals surface area contributed by atoms with Crippen LogP contribution in [-0.4, -0.2) is 38.9 Å². The Bertz CT molecular complexity index is 947. The van der Waals surface area contributed by atoms with Crippen LogP contribution in [0.4, 0.5) is 4.39 Å². The molecule has 0 unspecified atom stereocenters. The molecule has 1 atom stereocenters. The minimum atomic E-state index is -1.01. The molecule has 128 valence electrons. The summed E-state index contributed by atoms with van der Waals surface area (Å²) in [6.07, 6.45) is 4.24. The van der Waals surface area contributed by atoms with Crippen LogP contribution < -0.4 is 5.32 Å². The van der Waals surface area contributed by atoms with E-state index in [1.54, 1.807) is 6.07 Å². The monoisotopic (exact) mass is 340 g/mol. The molecule has 2 N–H and O–H groups in total. The van der Waals surface area contributed by atoms with Gasteiger partial charge in [-0.15, -0.1) is 0 Å². The summed E-state index contributed by atoms with van der Waals surface area (Å²) >= 11 is 0. The van der Waals surface area contributed by atoms with E-state index >= 15 is 0 Å². The molecule has 1 aliphatic heterocycles. The van der Waals surface area contributed by atoms with Gasteiger partial charge in [0.1, 0.15) is 5.82 Å². The molecule has 1 saturated heterocycles. The van der Waals surface area contributed by atoms with E-state index in [-0.39, 0.29) is 17.4 Å². The highest BCUT2D eigenvalue weighted by Crippen LogP contribution is 2.27. The second-order valence-corrected chi connectivity index (χ2v) is 6.21. The number of carboxylic acid groups (broad SMARTS) is 1. The number of nitrogens with zero attached hydrogens (tertiary/aromatic N) is 3. The van der Waals surface area contributed by atoms with Crippen molar-refractivity contribution in [3.8, 4) is 0 Å². The highest BCUT2D eigenvalue weighted by molar-refractivity contribution is 5.89. The van der Waals surface area contributed by atoms with Crippen molar-refractivity contribution >= 4 is 16.9 Å². The smallest absolute Gasteiger partial charge is 0.336 e. The number of fused-ring (bicyclic) bond motifs is 1. The van der Waals surface area contributed by atoms with Gasteiger partial charge >= 0.3 is 5.97 Å². The molecular weight excluding hydrogens is 323 g/mol. The Morgan fingerprint density at radius 2 is 2.28 bits per heavy atom. The van der Waals surface area contributed by atoms with Gasteiger partial charge in [0, 0.05) is 30.7 Å². The van der Waals surface area contributed by atoms with Crippen LogP contribution in [0.5, 0.6) is 0 Å². The van der Waals surface area contributed by atoms with Crippen molar-refractivity contribution in [1.29, 1.82) is 0 Å². The standard InChI is InChI=1S/C18H17FN4O2/c19-12-1-2-17-15(8-12)16(22-23(17)13-3-5-21-10-13)7-11-9-20-6-4-14(11)18(24)25/h1-2,4,6,8-9,13,21H,3,5,7,10H2,(H,24,25)/t13-/m1/s1. The van der Waals surface area contributed by atoms with Crippen LogP contribution in [0, 0.1) is 5.82 Å². The van der Waals surface area contributed by atoms with Crippen molar-refractivity contribution in [1.82, 2.24) is 20.1 Å². The number of hydrogen-bond acceptors (Lipinski definition) is 4. The number of benzene rings is 1. The van der Waals surface area contributed by atoms with Crippen LogP contribution >= 0.6 is 0 Å². The normalized spacial score (nSPS) is 17.2. The summed E-state index contributed by atoms with van der Waals surface area (Å²) in [6.45, 7) is 1.75. The van der Waals surface area contributed by atoms with E-state index in [4.69, 9.17) is 5.10 Å². The summed E-state index contributed by atoms with van der Waals surface area (Å²) in [4.78, 5) is 15.4. The molecule has 4 rings (SSSR count). The third-order valence-corrected chi connectivity index (χ3v) is 4.62. The molecule has 25 heavy (non-hydrogen) atoms. The molecule has 1 fully saturated rings. The van der Waals surface area contributed by atoms with Crippen molar-refractivity contribution in [2.75, 3.05) is 13.1 Å². The number of carboxylic acids is 1. The first kappa shape index (κ1) is 15.7. The van der Waals surface area contributed by atoms with Crippen molar-refractivity contribution in [2.45, 2.75) is 18.9 Å². The zero-order chi connectivity index (χ0) is 17.4. The Hall–Kier alpha value is -2.80. The van der Waals surface area contributed by atoms with Gasteiger partial charge in [0.2, 0.25) is 0 Å². The minimum Gasteiger partial charge on any atom is -0.478 e. The van der Waals surface area contributed by atoms with E-state index < -0.39 is 5.97 Å². The molecule has 1 aliphatic rings. The molecular formula is C18H17FN4O2. The molecule has 2 aromatic heterocycles. The first-order valence-corrected chi connectivity index (χ1v) is 8.17. The molecule has 0 radical (unpaired) electrons. The van der Waals surface area contributed by atoms with Gasteiger partial charge in [0.25, 0.3) is 0 Å². The van der Waals surface area contributed by atoms with Gasteiger partial charge in [-0.1, -0.05) is 0 Å². The third-order valence-electron chi connectivity index (χ3n) is 4.62. The molecule has 3 aromatic rings. The Morgan fingerprint density at radius 3 is 3.04 bits per heavy atom. The lowest BCUT2D eigenvalue weighted by Crippen LogP contribution is -2.14. The van der Waals surface area contributed by atoms with Gasteiger partial charge in [-0.3, -0.25) is 9.67 Å². The summed E-state index contributed by atoms with van der Waals surface area (Å²) in [7, 11) is 0. The fraction of sp³-hybridized carbons (Fsp3) is 0.278. The van der Waals surface area contributed by atoms with E-state index in [1.807, 2.05) is 4.68 Å². The van der Waals surface area contributed by atoms with Crippen LogP contribution in [0.25, 0.3) is 10.9 Å². The van der Waals surface area contributed by atoms with Crippen LogP contribution in [0.1, 0.15) is 34.1 Å². The number of pyridine rings is 1. The lowest BCUT2D eigenvalue weighted by atomic mass is 10.0. The summed E-state index contributed by atoms with van der Waals surface area (Å²) < 4.78 is 15.7. The van der Waals surface area contributed by atoms with E-state index in [0.717, 1.165) is 25.0 Å². The zero-order valence-corrected chi connectivity index (χ0v) is 13.4. The van der Waals surface area contributed by atoms with Gasteiger partial charge in [0.15, 0.2) is 0 Å². The highest BCUT2D eigenvalue weighted by Gasteiger charge is 2.22. The Kier molecular flexibility index (Phi) is 3.93. The molecule has 0 aliphatic carbocycles. The summed E-state index contributed by atoms with van der Waals surface area (Å²) in [6, 6.07) is 6.32. The van der Waals surface area contributed by atoms with E-state index in [9.17, 15) is 14.3 Å². The fourth-order valence-electron chi connectivity index (χ4n) is 3.39. The maximum Gasteiger partial charge on any atom is 0.336 e. The molecule has 7 heteroatoms. The summed E-state index contributed by atoms with van der Waals surface area (Å²) in [5.74, 6) is -1.34. The molecule has 3 heterocycles. The van der Waals surface area contributed by atoms with Gasteiger partial charge in [-0.25, -0.2) is 9.18 Å². The molecule has 0 spiro atoms. The predicted molar refractivity (Wildman–Crippen MR) is 90.2 cm³/mol. The van der Waals surface area contributed by atoms with Crippen LogP contribution in [0.2, 0.25) is 0 Å². The lowest BCUT2D eigenvalue weighted by molar-refractivity contribution is 0.0695. The second kappa shape index (κ2) is 6.25. The van der Waals surface area contributed by atoms with Crippen molar-refractivity contribution in [2.24, 2.45) is 0 Å². The number of hydrogen-bond donors (Lipinski definition) is 2. The van der Waals surface area contributed by atoms with E-state index in [0.29, 0.717) is 23.1 Å². The second-order valence-electron chi connectivity index (χ2n) is 6.21. The Labute approximate surface area is 143 Å². The number of carbonyl (C=O) groups is 1. The average Bonchev–Trinajstić information content (AvgIpc) is 3.23. The van der Waals surface area contributed by atoms with Crippen LogP contribution in [-0.2, 0) is 6.42 Å². The third kappa shape index (κ3) is 2.87. The number of aromatic nitrogens is 3.